The van der Waals surface area contributed by atoms with Crippen LogP contribution in [0, 0.1) is 0 Å². The van der Waals surface area contributed by atoms with Gasteiger partial charge < -0.3 is 40.3 Å². The van der Waals surface area contributed by atoms with E-state index in [2.05, 4.69) is 15.3 Å². The second-order valence-electron chi connectivity index (χ2n) is 6.99. The number of aliphatic hydroxyl groups is 2. The summed E-state index contributed by atoms with van der Waals surface area (Å²) in [5, 5.41) is 61.9. The third-order valence-corrected chi connectivity index (χ3v) is 4.05. The average molecular weight is 516 g/mol. The van der Waals surface area contributed by atoms with Crippen molar-refractivity contribution in [1.29, 1.82) is 0 Å². The molecule has 196 valence electrons. The lowest BCUT2D eigenvalue weighted by Crippen LogP contribution is -2.44. The number of carbonyl (C=O) groups is 6. The third kappa shape index (κ3) is 9.19. The SMILES string of the molecule is O=C(O)CC(O)(CC(=O)ON/N=N/N(OC(=O)CC(O)(CC(=O)O)C(=O)O)c1ccccc1)C(=O)O. The normalized spacial score (nSPS) is 14.1. The Balaban J connectivity index is 2.89. The number of carboxylic acids is 4. The minimum absolute atomic E-state index is 0.0125. The average Bonchev–Trinajstić information content (AvgIpc) is 2.74. The van der Waals surface area contributed by atoms with E-state index in [1.54, 1.807) is 11.7 Å². The van der Waals surface area contributed by atoms with Crippen LogP contribution in [-0.4, -0.2) is 77.7 Å². The highest BCUT2D eigenvalue weighted by molar-refractivity contribution is 5.89. The topological polar surface area (TPSA) is 282 Å². The molecule has 0 bridgehead atoms. The van der Waals surface area contributed by atoms with Gasteiger partial charge in [-0.3, -0.25) is 9.59 Å². The van der Waals surface area contributed by atoms with Gasteiger partial charge >= 0.3 is 35.8 Å². The highest BCUT2D eigenvalue weighted by Crippen LogP contribution is 2.20. The van der Waals surface area contributed by atoms with Gasteiger partial charge in [-0.2, -0.15) is 0 Å². The molecule has 0 aliphatic heterocycles. The zero-order valence-electron chi connectivity index (χ0n) is 18.0. The number of nitrogens with one attached hydrogen (secondary N) is 1. The zero-order chi connectivity index (χ0) is 27.5. The molecule has 0 amide bonds. The van der Waals surface area contributed by atoms with Crippen LogP contribution in [0.2, 0.25) is 0 Å². The van der Waals surface area contributed by atoms with Crippen molar-refractivity contribution in [3.8, 4) is 0 Å². The molecule has 0 aliphatic rings. The van der Waals surface area contributed by atoms with Gasteiger partial charge in [0.1, 0.15) is 5.69 Å². The van der Waals surface area contributed by atoms with Gasteiger partial charge in [0, 0.05) is 0 Å². The summed E-state index contributed by atoms with van der Waals surface area (Å²) in [4.78, 5) is 76.7. The van der Waals surface area contributed by atoms with Crippen LogP contribution >= 0.6 is 0 Å². The summed E-state index contributed by atoms with van der Waals surface area (Å²) in [6.45, 7) is 0. The Morgan fingerprint density at radius 2 is 1.25 bits per heavy atom. The van der Waals surface area contributed by atoms with E-state index < -0.39 is 72.7 Å². The number of aliphatic carboxylic acids is 4. The van der Waals surface area contributed by atoms with E-state index in [1.807, 2.05) is 0 Å². The summed E-state index contributed by atoms with van der Waals surface area (Å²) >= 11 is 0. The van der Waals surface area contributed by atoms with Crippen molar-refractivity contribution in [3.05, 3.63) is 30.3 Å². The Morgan fingerprint density at radius 1 is 0.778 bits per heavy atom. The number of carboxylic acid groups (broad SMARTS) is 4. The second kappa shape index (κ2) is 12.6. The van der Waals surface area contributed by atoms with E-state index in [0.29, 0.717) is 5.17 Å². The lowest BCUT2D eigenvalue weighted by Gasteiger charge is -2.22. The summed E-state index contributed by atoms with van der Waals surface area (Å²) < 4.78 is 0. The summed E-state index contributed by atoms with van der Waals surface area (Å²) in [5.74, 6) is -10.4. The molecule has 18 nitrogen and oxygen atoms in total. The number of rotatable bonds is 15. The van der Waals surface area contributed by atoms with Crippen molar-refractivity contribution < 1.29 is 69.1 Å². The van der Waals surface area contributed by atoms with E-state index in [1.165, 1.54) is 24.3 Å². The molecule has 0 fully saturated rings. The molecule has 0 heterocycles. The van der Waals surface area contributed by atoms with Crippen molar-refractivity contribution in [2.24, 2.45) is 10.4 Å². The Bertz CT molecular complexity index is 1030. The number of nitrogens with zero attached hydrogens (tertiary/aromatic N) is 3. The van der Waals surface area contributed by atoms with Crippen molar-refractivity contribution in [1.82, 2.24) is 5.59 Å². The molecule has 2 atom stereocenters. The van der Waals surface area contributed by atoms with Gasteiger partial charge in [-0.1, -0.05) is 23.4 Å². The van der Waals surface area contributed by atoms with Crippen molar-refractivity contribution in [2.75, 3.05) is 5.17 Å². The molecule has 18 heteroatoms. The second-order valence-corrected chi connectivity index (χ2v) is 6.99. The van der Waals surface area contributed by atoms with Gasteiger partial charge in [0.15, 0.2) is 11.2 Å². The molecule has 7 N–H and O–H groups in total. The number of para-hydroxylation sites is 1. The van der Waals surface area contributed by atoms with Crippen LogP contribution in [0.4, 0.5) is 5.69 Å². The fourth-order valence-corrected chi connectivity index (χ4v) is 2.38. The van der Waals surface area contributed by atoms with Crippen LogP contribution in [0.25, 0.3) is 0 Å². The van der Waals surface area contributed by atoms with E-state index in [4.69, 9.17) is 25.3 Å². The molecule has 0 saturated carbocycles. The molecule has 36 heavy (non-hydrogen) atoms. The lowest BCUT2D eigenvalue weighted by atomic mass is 9.96. The van der Waals surface area contributed by atoms with Gasteiger partial charge in [0.25, 0.3) is 0 Å². The van der Waals surface area contributed by atoms with Crippen LogP contribution in [-0.2, 0) is 38.4 Å². The molecule has 0 aliphatic carbocycles. The maximum absolute atomic E-state index is 12.2. The van der Waals surface area contributed by atoms with Gasteiger partial charge in [0.2, 0.25) is 0 Å². The van der Waals surface area contributed by atoms with E-state index in [9.17, 15) is 39.0 Å². The van der Waals surface area contributed by atoms with Crippen LogP contribution in [0.15, 0.2) is 40.8 Å². The first-order valence-corrected chi connectivity index (χ1v) is 9.45. The number of benzene rings is 1. The molecular weight excluding hydrogens is 496 g/mol. The molecule has 0 aromatic heterocycles. The van der Waals surface area contributed by atoms with Crippen LogP contribution in [0.3, 0.4) is 0 Å². The number of carbonyl (C=O) groups excluding carboxylic acids is 2. The van der Waals surface area contributed by atoms with E-state index in [-0.39, 0.29) is 5.69 Å². The summed E-state index contributed by atoms with van der Waals surface area (Å²) in [5.41, 5.74) is -4.43. The molecule has 0 radical (unpaired) electrons. The summed E-state index contributed by atoms with van der Waals surface area (Å²) in [6, 6.07) is 7.09. The van der Waals surface area contributed by atoms with Crippen molar-refractivity contribution >= 4 is 41.5 Å². The number of hydrogen-bond donors (Lipinski definition) is 7. The molecule has 0 spiro atoms. The van der Waals surface area contributed by atoms with Gasteiger partial charge in [0.05, 0.1) is 25.7 Å². The molecule has 1 aromatic carbocycles. The first kappa shape index (κ1) is 29.2. The Kier molecular flexibility index (Phi) is 10.2. The predicted octanol–water partition coefficient (Wildman–Crippen LogP) is -1.36. The maximum atomic E-state index is 12.2. The third-order valence-electron chi connectivity index (χ3n) is 4.05. The summed E-state index contributed by atoms with van der Waals surface area (Å²) in [6.07, 6.45) is -5.26. The Labute approximate surface area is 199 Å². The quantitative estimate of drug-likeness (QED) is 0.105. The Morgan fingerprint density at radius 3 is 1.69 bits per heavy atom. The smallest absolute Gasteiger partial charge is 0.338 e. The largest absolute Gasteiger partial charge is 0.481 e. The highest BCUT2D eigenvalue weighted by atomic mass is 16.7. The number of hydrogen-bond acceptors (Lipinski definition) is 12. The molecular formula is C18H20N4O14. The van der Waals surface area contributed by atoms with Crippen LogP contribution in [0.1, 0.15) is 25.7 Å². The highest BCUT2D eigenvalue weighted by Gasteiger charge is 2.43. The van der Waals surface area contributed by atoms with Gasteiger partial charge in [-0.25, -0.2) is 19.2 Å². The van der Waals surface area contributed by atoms with Gasteiger partial charge in [-0.15, -0.1) is 5.59 Å². The number of anilines is 1. The standard InChI is InChI=1S/C18H20N4O14/c23-11(24)6-17(33,15(29)30)8-13(27)35-21-19-20-22(10-4-2-1-3-5-10)36-14(28)9-18(34,16(31)32)7-12(25)26/h1-5,33-34H,6-9H2,(H,20,21)(H,23,24)(H,25,26)(H,29,30)(H,31,32). The molecule has 1 rings (SSSR count). The van der Waals surface area contributed by atoms with E-state index >= 15 is 0 Å². The minimum atomic E-state index is -3.01. The first-order valence-electron chi connectivity index (χ1n) is 9.45. The van der Waals surface area contributed by atoms with Gasteiger partial charge in [-0.05, 0) is 22.6 Å². The lowest BCUT2D eigenvalue weighted by molar-refractivity contribution is -0.174. The monoisotopic (exact) mass is 516 g/mol. The Hall–Kier alpha value is -4.84. The van der Waals surface area contributed by atoms with E-state index in [0.717, 1.165) is 0 Å². The van der Waals surface area contributed by atoms with Crippen molar-refractivity contribution in [2.45, 2.75) is 36.9 Å². The fourth-order valence-electron chi connectivity index (χ4n) is 2.38. The summed E-state index contributed by atoms with van der Waals surface area (Å²) in [7, 11) is 0. The maximum Gasteiger partial charge on any atom is 0.338 e. The fraction of sp³-hybridized carbons (Fsp3) is 0.333. The predicted molar refractivity (Wildman–Crippen MR) is 108 cm³/mol. The van der Waals surface area contributed by atoms with Crippen molar-refractivity contribution in [3.63, 3.8) is 0 Å². The minimum Gasteiger partial charge on any atom is -0.481 e. The molecule has 0 saturated heterocycles. The van der Waals surface area contributed by atoms with Crippen LogP contribution < -0.4 is 10.8 Å². The zero-order valence-corrected chi connectivity index (χ0v) is 18.0. The van der Waals surface area contributed by atoms with Crippen LogP contribution in [0.5, 0.6) is 0 Å². The first-order chi connectivity index (χ1) is 16.7. The molecule has 1 aromatic rings. The molecule has 2 unspecified atom stereocenters.